The maximum absolute atomic E-state index is 12.6. The molecule has 1 aromatic heterocycles. The second-order valence-corrected chi connectivity index (χ2v) is 9.88. The number of aromatic nitrogens is 1. The zero-order chi connectivity index (χ0) is 19.8. The number of carbonyl (C=O) groups is 1. The van der Waals surface area contributed by atoms with Crippen LogP contribution in [0.25, 0.3) is 10.2 Å². The molecule has 2 heterocycles. The molecular weight excluding hydrogens is 388 g/mol. The normalized spacial score (nSPS) is 16.9. The van der Waals surface area contributed by atoms with Crippen molar-refractivity contribution in [3.05, 3.63) is 27.9 Å². The second kappa shape index (κ2) is 7.70. The number of amides is 1. The third-order valence-corrected chi connectivity index (χ3v) is 7.75. The van der Waals surface area contributed by atoms with Gasteiger partial charge in [-0.1, -0.05) is 11.3 Å². The average Bonchev–Trinajstić information content (AvgIpc) is 2.95. The van der Waals surface area contributed by atoms with E-state index in [-0.39, 0.29) is 16.7 Å². The lowest BCUT2D eigenvalue weighted by Crippen LogP contribution is -2.46. The minimum atomic E-state index is -3.43. The number of nitrogens with one attached hydrogen (secondary N) is 1. The van der Waals surface area contributed by atoms with E-state index in [1.54, 1.807) is 10.6 Å². The van der Waals surface area contributed by atoms with E-state index in [0.717, 1.165) is 21.6 Å². The molecule has 1 amide bonds. The van der Waals surface area contributed by atoms with Crippen LogP contribution in [-0.4, -0.2) is 54.7 Å². The van der Waals surface area contributed by atoms with Crippen LogP contribution in [0.15, 0.2) is 23.0 Å². The van der Waals surface area contributed by atoms with Gasteiger partial charge in [0.1, 0.15) is 0 Å². The molecule has 0 spiro atoms. The molecule has 3 rings (SSSR count). The lowest BCUT2D eigenvalue weighted by Gasteiger charge is -2.32. The zero-order valence-corrected chi connectivity index (χ0v) is 17.3. The van der Waals surface area contributed by atoms with E-state index in [9.17, 15) is 18.0 Å². The quantitative estimate of drug-likeness (QED) is 0.806. The van der Waals surface area contributed by atoms with Gasteiger partial charge in [-0.15, -0.1) is 0 Å². The Kier molecular flexibility index (Phi) is 5.71. The van der Waals surface area contributed by atoms with E-state index >= 15 is 0 Å². The molecule has 27 heavy (non-hydrogen) atoms. The van der Waals surface area contributed by atoms with Gasteiger partial charge in [-0.3, -0.25) is 14.2 Å². The molecule has 8 nitrogen and oxygen atoms in total. The molecule has 0 bridgehead atoms. The Hall–Kier alpha value is -1.75. The smallest absolute Gasteiger partial charge is 0.308 e. The maximum atomic E-state index is 12.6. The first-order chi connectivity index (χ1) is 12.7. The fourth-order valence-corrected chi connectivity index (χ4v) is 5.40. The monoisotopic (exact) mass is 412 g/mol. The Morgan fingerprint density at radius 1 is 1.30 bits per heavy atom. The molecule has 0 aliphatic carbocycles. The molecule has 0 saturated carbocycles. The number of fused-ring (bicyclic) bond motifs is 1. The molecule has 1 aliphatic rings. The highest BCUT2D eigenvalue weighted by Gasteiger charge is 2.32. The van der Waals surface area contributed by atoms with Gasteiger partial charge in [0.15, 0.2) is 0 Å². The Morgan fingerprint density at radius 2 is 1.96 bits per heavy atom. The molecular formula is C17H24N4O4S2. The van der Waals surface area contributed by atoms with Crippen LogP contribution in [0.1, 0.15) is 19.8 Å². The highest BCUT2D eigenvalue weighted by Crippen LogP contribution is 2.25. The van der Waals surface area contributed by atoms with Crippen LogP contribution in [0.4, 0.5) is 5.69 Å². The maximum Gasteiger partial charge on any atom is 0.308 e. The fourth-order valence-electron chi connectivity index (χ4n) is 3.27. The van der Waals surface area contributed by atoms with E-state index in [0.29, 0.717) is 38.2 Å². The summed E-state index contributed by atoms with van der Waals surface area (Å²) in [6, 6.07) is 5.46. The third kappa shape index (κ3) is 3.93. The summed E-state index contributed by atoms with van der Waals surface area (Å²) in [6.45, 7) is 3.20. The molecule has 2 aromatic rings. The van der Waals surface area contributed by atoms with Crippen molar-refractivity contribution in [2.75, 3.05) is 32.5 Å². The van der Waals surface area contributed by atoms with Gasteiger partial charge in [0.2, 0.25) is 5.91 Å². The molecule has 0 unspecified atom stereocenters. The Labute approximate surface area is 162 Å². The minimum absolute atomic E-state index is 0.00884. The molecule has 1 fully saturated rings. The second-order valence-electron chi connectivity index (χ2n) is 6.75. The van der Waals surface area contributed by atoms with Crippen molar-refractivity contribution in [1.82, 2.24) is 13.2 Å². The van der Waals surface area contributed by atoms with Crippen molar-refractivity contribution in [3.63, 3.8) is 0 Å². The van der Waals surface area contributed by atoms with Crippen LogP contribution >= 0.6 is 11.3 Å². The van der Waals surface area contributed by atoms with Gasteiger partial charge in [0, 0.05) is 45.3 Å². The van der Waals surface area contributed by atoms with Crippen molar-refractivity contribution in [3.8, 4) is 0 Å². The molecule has 1 aliphatic heterocycles. The first-order valence-corrected chi connectivity index (χ1v) is 11.1. The van der Waals surface area contributed by atoms with Crippen molar-refractivity contribution in [2.24, 2.45) is 5.92 Å². The summed E-state index contributed by atoms with van der Waals surface area (Å²) in [4.78, 5) is 24.5. The number of benzene rings is 1. The molecule has 0 atom stereocenters. The number of thiazole rings is 1. The lowest BCUT2D eigenvalue weighted by molar-refractivity contribution is -0.120. The van der Waals surface area contributed by atoms with Crippen LogP contribution < -0.4 is 10.2 Å². The highest BCUT2D eigenvalue weighted by molar-refractivity contribution is 7.86. The van der Waals surface area contributed by atoms with Gasteiger partial charge in [-0.05, 0) is 38.0 Å². The van der Waals surface area contributed by atoms with Crippen molar-refractivity contribution in [1.29, 1.82) is 0 Å². The summed E-state index contributed by atoms with van der Waals surface area (Å²) >= 11 is 1.16. The molecule has 1 saturated heterocycles. The number of piperidine rings is 1. The zero-order valence-electron chi connectivity index (χ0n) is 15.6. The first kappa shape index (κ1) is 20.0. The van der Waals surface area contributed by atoms with Gasteiger partial charge in [-0.25, -0.2) is 0 Å². The molecule has 0 radical (unpaired) electrons. The number of hydrogen-bond acceptors (Lipinski definition) is 5. The number of carbonyl (C=O) groups excluding carboxylic acids is 1. The molecule has 1 N–H and O–H groups in total. The van der Waals surface area contributed by atoms with Gasteiger partial charge in [0.05, 0.1) is 10.2 Å². The van der Waals surface area contributed by atoms with Gasteiger partial charge in [-0.2, -0.15) is 17.0 Å². The van der Waals surface area contributed by atoms with Crippen LogP contribution in [0.2, 0.25) is 0 Å². The predicted octanol–water partition coefficient (Wildman–Crippen LogP) is 1.54. The van der Waals surface area contributed by atoms with E-state index in [2.05, 4.69) is 5.32 Å². The summed E-state index contributed by atoms with van der Waals surface area (Å²) in [5.41, 5.74) is 1.52. The predicted molar refractivity (Wildman–Crippen MR) is 107 cm³/mol. The largest absolute Gasteiger partial charge is 0.326 e. The number of nitrogens with zero attached hydrogens (tertiary/aromatic N) is 3. The Bertz CT molecular complexity index is 1000. The fraction of sp³-hybridized carbons (Fsp3) is 0.529. The van der Waals surface area contributed by atoms with Gasteiger partial charge in [0.25, 0.3) is 10.2 Å². The number of aryl methyl sites for hydroxylation is 1. The molecule has 148 valence electrons. The van der Waals surface area contributed by atoms with Gasteiger partial charge < -0.3 is 5.32 Å². The minimum Gasteiger partial charge on any atom is -0.326 e. The SMILES string of the molecule is CCn1c(=O)sc2cc(NC(=O)C3CCN(S(=O)(=O)N(C)C)CC3)ccc21. The van der Waals surface area contributed by atoms with Gasteiger partial charge >= 0.3 is 4.87 Å². The van der Waals surface area contributed by atoms with Crippen LogP contribution in [0.5, 0.6) is 0 Å². The first-order valence-electron chi connectivity index (χ1n) is 8.86. The van der Waals surface area contributed by atoms with Crippen molar-refractivity contribution >= 4 is 43.4 Å². The lowest BCUT2D eigenvalue weighted by atomic mass is 9.97. The Balaban J connectivity index is 1.66. The summed E-state index contributed by atoms with van der Waals surface area (Å²) in [7, 11) is -0.423. The van der Waals surface area contributed by atoms with E-state index in [4.69, 9.17) is 0 Å². The van der Waals surface area contributed by atoms with Crippen LogP contribution in [-0.2, 0) is 21.5 Å². The van der Waals surface area contributed by atoms with E-state index in [1.165, 1.54) is 22.7 Å². The number of hydrogen-bond donors (Lipinski definition) is 1. The molecule has 1 aromatic carbocycles. The van der Waals surface area contributed by atoms with E-state index in [1.807, 2.05) is 19.1 Å². The standard InChI is InChI=1S/C17H24N4O4S2/c1-4-21-14-6-5-13(11-15(14)26-17(21)23)18-16(22)12-7-9-20(10-8-12)27(24,25)19(2)3/h5-6,11-12H,4,7-10H2,1-3H3,(H,18,22). The number of anilines is 1. The van der Waals surface area contributed by atoms with Crippen molar-refractivity contribution in [2.45, 2.75) is 26.3 Å². The average molecular weight is 413 g/mol. The third-order valence-electron chi connectivity index (χ3n) is 4.86. The summed E-state index contributed by atoms with van der Waals surface area (Å²) in [6.07, 6.45) is 0.974. The summed E-state index contributed by atoms with van der Waals surface area (Å²) in [5, 5.41) is 2.90. The topological polar surface area (TPSA) is 91.7 Å². The van der Waals surface area contributed by atoms with Crippen LogP contribution in [0, 0.1) is 5.92 Å². The van der Waals surface area contributed by atoms with Crippen LogP contribution in [0.3, 0.4) is 0 Å². The summed E-state index contributed by atoms with van der Waals surface area (Å²) in [5.74, 6) is -0.341. The molecule has 10 heteroatoms. The van der Waals surface area contributed by atoms with Crippen molar-refractivity contribution < 1.29 is 13.2 Å². The Morgan fingerprint density at radius 3 is 2.56 bits per heavy atom. The highest BCUT2D eigenvalue weighted by atomic mass is 32.2. The van der Waals surface area contributed by atoms with E-state index < -0.39 is 10.2 Å². The number of rotatable bonds is 5. The summed E-state index contributed by atoms with van der Waals surface area (Å²) < 4.78 is 29.5.